The fraction of sp³-hybridized carbons (Fsp3) is 0.333. The van der Waals surface area contributed by atoms with Crippen LogP contribution in [0.1, 0.15) is 19.8 Å². The van der Waals surface area contributed by atoms with Gasteiger partial charge in [0.1, 0.15) is 5.01 Å². The maximum absolute atomic E-state index is 5.14. The number of rotatable bonds is 3. The Kier molecular flexibility index (Phi) is 6.37. The maximum atomic E-state index is 5.14. The minimum absolute atomic E-state index is 0.844. The van der Waals surface area contributed by atoms with E-state index < -0.39 is 0 Å². The van der Waals surface area contributed by atoms with Crippen molar-refractivity contribution < 1.29 is 0 Å². The molecule has 2 aromatic rings. The van der Waals surface area contributed by atoms with Gasteiger partial charge in [-0.05, 0) is 25.1 Å². The molecule has 2 rings (SSSR count). The predicted octanol–water partition coefficient (Wildman–Crippen LogP) is 2.95. The zero-order chi connectivity index (χ0) is 11.6. The molecule has 0 bridgehead atoms. The summed E-state index contributed by atoms with van der Waals surface area (Å²) < 4.78 is 0. The quantitative estimate of drug-likeness (QED) is 0.890. The Balaban J connectivity index is 0.000000221. The molecular formula is C12H17N3S. The van der Waals surface area contributed by atoms with Gasteiger partial charge in [0.15, 0.2) is 0 Å². The highest BCUT2D eigenvalue weighted by Gasteiger charge is 1.96. The molecule has 3 nitrogen and oxygen atoms in total. The third kappa shape index (κ3) is 4.51. The Hall–Kier alpha value is -1.26. The first-order chi connectivity index (χ1) is 7.88. The minimum Gasteiger partial charge on any atom is -0.330 e. The highest BCUT2D eigenvalue weighted by atomic mass is 32.1. The summed E-state index contributed by atoms with van der Waals surface area (Å²) in [6.07, 6.45) is 7.74. The van der Waals surface area contributed by atoms with Crippen LogP contribution < -0.4 is 5.73 Å². The van der Waals surface area contributed by atoms with Gasteiger partial charge in [-0.15, -0.1) is 11.3 Å². The van der Waals surface area contributed by atoms with Gasteiger partial charge in [0, 0.05) is 29.5 Å². The summed E-state index contributed by atoms with van der Waals surface area (Å²) in [5.74, 6) is 0. The van der Waals surface area contributed by atoms with E-state index in [-0.39, 0.29) is 0 Å². The topological polar surface area (TPSA) is 51.8 Å². The van der Waals surface area contributed by atoms with E-state index in [1.54, 1.807) is 29.9 Å². The highest BCUT2D eigenvalue weighted by molar-refractivity contribution is 7.13. The number of nitrogens with zero attached hydrogens (tertiary/aromatic N) is 2. The van der Waals surface area contributed by atoms with Gasteiger partial charge in [-0.2, -0.15) is 0 Å². The van der Waals surface area contributed by atoms with Gasteiger partial charge in [0.25, 0.3) is 0 Å². The lowest BCUT2D eigenvalue weighted by Crippen LogP contribution is -1.95. The molecule has 4 heteroatoms. The second-order valence-electron chi connectivity index (χ2n) is 3.22. The molecule has 2 heterocycles. The Morgan fingerprint density at radius 3 is 2.44 bits per heavy atom. The van der Waals surface area contributed by atoms with Crippen molar-refractivity contribution in [2.75, 3.05) is 6.54 Å². The Morgan fingerprint density at radius 1 is 1.25 bits per heavy atom. The lowest BCUT2D eigenvalue weighted by Gasteiger charge is -1.91. The van der Waals surface area contributed by atoms with Gasteiger partial charge in [-0.25, -0.2) is 4.98 Å². The molecule has 0 aromatic carbocycles. The summed E-state index contributed by atoms with van der Waals surface area (Å²) in [7, 11) is 0. The molecule has 0 aliphatic heterocycles. The standard InChI is InChI=1S/C8H6N2S.C4H11N/c1-3-9-4-2-7(1)8-10-5-6-11-8;1-2-3-4-5/h1-6H;2-5H2,1H3. The van der Waals surface area contributed by atoms with Crippen LogP contribution in [0.25, 0.3) is 10.6 Å². The highest BCUT2D eigenvalue weighted by Crippen LogP contribution is 2.19. The zero-order valence-corrected chi connectivity index (χ0v) is 10.3. The number of aromatic nitrogens is 2. The van der Waals surface area contributed by atoms with Crippen molar-refractivity contribution in [1.29, 1.82) is 0 Å². The maximum Gasteiger partial charge on any atom is 0.123 e. The summed E-state index contributed by atoms with van der Waals surface area (Å²) in [6.45, 7) is 2.98. The van der Waals surface area contributed by atoms with Crippen molar-refractivity contribution in [2.45, 2.75) is 19.8 Å². The van der Waals surface area contributed by atoms with Crippen LogP contribution in [-0.2, 0) is 0 Å². The summed E-state index contributed by atoms with van der Waals surface area (Å²) in [6, 6.07) is 3.91. The van der Waals surface area contributed by atoms with Crippen LogP contribution >= 0.6 is 11.3 Å². The van der Waals surface area contributed by atoms with Gasteiger partial charge in [0.2, 0.25) is 0 Å². The lowest BCUT2D eigenvalue weighted by molar-refractivity contribution is 0.807. The molecule has 16 heavy (non-hydrogen) atoms. The van der Waals surface area contributed by atoms with Crippen LogP contribution in [0.15, 0.2) is 36.1 Å². The molecule has 0 saturated heterocycles. The SMILES string of the molecule is CCCCN.c1cc(-c2nccs2)ccn1. The third-order valence-corrected chi connectivity index (χ3v) is 2.74. The van der Waals surface area contributed by atoms with Gasteiger partial charge in [0.05, 0.1) is 0 Å². The molecule has 0 spiro atoms. The third-order valence-electron chi connectivity index (χ3n) is 1.92. The van der Waals surface area contributed by atoms with Gasteiger partial charge < -0.3 is 5.73 Å². The fourth-order valence-electron chi connectivity index (χ4n) is 1.06. The Bertz CT molecular complexity index is 357. The van der Waals surface area contributed by atoms with Gasteiger partial charge in [-0.1, -0.05) is 13.3 Å². The van der Waals surface area contributed by atoms with Crippen LogP contribution in [-0.4, -0.2) is 16.5 Å². The van der Waals surface area contributed by atoms with Crippen LogP contribution in [0.4, 0.5) is 0 Å². The number of unbranched alkanes of at least 4 members (excludes halogenated alkanes) is 1. The zero-order valence-electron chi connectivity index (χ0n) is 9.47. The number of hydrogen-bond donors (Lipinski definition) is 1. The van der Waals surface area contributed by atoms with Crippen molar-refractivity contribution in [3.63, 3.8) is 0 Å². The van der Waals surface area contributed by atoms with E-state index in [4.69, 9.17) is 5.73 Å². The normalized spacial score (nSPS) is 9.38. The van der Waals surface area contributed by atoms with Gasteiger partial charge >= 0.3 is 0 Å². The molecule has 0 radical (unpaired) electrons. The minimum atomic E-state index is 0.844. The number of pyridine rings is 1. The predicted molar refractivity (Wildman–Crippen MR) is 69.3 cm³/mol. The Morgan fingerprint density at radius 2 is 2.00 bits per heavy atom. The molecule has 2 N–H and O–H groups in total. The monoisotopic (exact) mass is 235 g/mol. The van der Waals surface area contributed by atoms with Crippen molar-refractivity contribution >= 4 is 11.3 Å². The molecule has 0 saturated carbocycles. The lowest BCUT2D eigenvalue weighted by atomic mass is 10.3. The van der Waals surface area contributed by atoms with Crippen LogP contribution in [0, 0.1) is 0 Å². The van der Waals surface area contributed by atoms with Crippen LogP contribution in [0.5, 0.6) is 0 Å². The number of nitrogens with two attached hydrogens (primary N) is 1. The van der Waals surface area contributed by atoms with Crippen molar-refractivity contribution in [2.24, 2.45) is 5.73 Å². The molecule has 0 aliphatic rings. The first-order valence-electron chi connectivity index (χ1n) is 5.38. The fourth-order valence-corrected chi connectivity index (χ4v) is 1.71. The van der Waals surface area contributed by atoms with Crippen LogP contribution in [0.3, 0.4) is 0 Å². The molecular weight excluding hydrogens is 218 g/mol. The Labute approximate surface area is 100 Å². The van der Waals surface area contributed by atoms with E-state index in [9.17, 15) is 0 Å². The number of thiazole rings is 1. The second kappa shape index (κ2) is 7.96. The van der Waals surface area contributed by atoms with E-state index in [2.05, 4.69) is 16.9 Å². The molecule has 0 aliphatic carbocycles. The largest absolute Gasteiger partial charge is 0.330 e. The van der Waals surface area contributed by atoms with E-state index in [0.717, 1.165) is 17.1 Å². The van der Waals surface area contributed by atoms with E-state index in [0.29, 0.717) is 0 Å². The molecule has 2 aromatic heterocycles. The number of hydrogen-bond acceptors (Lipinski definition) is 4. The van der Waals surface area contributed by atoms with Crippen molar-refractivity contribution in [3.8, 4) is 10.6 Å². The van der Waals surface area contributed by atoms with Crippen molar-refractivity contribution in [1.82, 2.24) is 9.97 Å². The van der Waals surface area contributed by atoms with E-state index >= 15 is 0 Å². The summed E-state index contributed by atoms with van der Waals surface area (Å²) in [5.41, 5.74) is 6.27. The molecule has 0 amide bonds. The van der Waals surface area contributed by atoms with Gasteiger partial charge in [-0.3, -0.25) is 4.98 Å². The average Bonchev–Trinajstić information content (AvgIpc) is 2.86. The molecule has 0 unspecified atom stereocenters. The van der Waals surface area contributed by atoms with Crippen LogP contribution in [0.2, 0.25) is 0 Å². The summed E-state index contributed by atoms with van der Waals surface area (Å²) in [4.78, 5) is 8.11. The first kappa shape index (κ1) is 12.8. The van der Waals surface area contributed by atoms with E-state index in [1.165, 1.54) is 12.8 Å². The molecule has 86 valence electrons. The molecule has 0 fully saturated rings. The molecule has 0 atom stereocenters. The first-order valence-corrected chi connectivity index (χ1v) is 6.26. The summed E-state index contributed by atoms with van der Waals surface area (Å²) >= 11 is 1.64. The smallest absolute Gasteiger partial charge is 0.123 e. The second-order valence-corrected chi connectivity index (χ2v) is 4.11. The van der Waals surface area contributed by atoms with Crippen molar-refractivity contribution in [3.05, 3.63) is 36.1 Å². The average molecular weight is 235 g/mol. The van der Waals surface area contributed by atoms with E-state index in [1.807, 2.05) is 17.5 Å². The summed E-state index contributed by atoms with van der Waals surface area (Å²) in [5, 5.41) is 3.02.